The number of amides is 1. The van der Waals surface area contributed by atoms with Crippen LogP contribution in [0.4, 0.5) is 0 Å². The Morgan fingerprint density at radius 2 is 2.04 bits per heavy atom. The van der Waals surface area contributed by atoms with Gasteiger partial charge >= 0.3 is 0 Å². The van der Waals surface area contributed by atoms with E-state index in [2.05, 4.69) is 11.4 Å². The smallest absolute Gasteiger partial charge is 0.254 e. The lowest BCUT2D eigenvalue weighted by Crippen LogP contribution is -2.38. The van der Waals surface area contributed by atoms with Gasteiger partial charge in [0, 0.05) is 17.0 Å². The number of carbonyl (C=O) groups excluding carboxylic acids is 1. The maximum atomic E-state index is 12.3. The Hall–Kier alpha value is -1.49. The average Bonchev–Trinajstić information content (AvgIpc) is 3.23. The molecule has 1 saturated carbocycles. The minimum absolute atomic E-state index is 0. The molecule has 130 valence electrons. The first-order chi connectivity index (χ1) is 11.1. The lowest BCUT2D eigenvalue weighted by Gasteiger charge is -2.30. The molecule has 2 aromatic rings. The largest absolute Gasteiger partial charge is 0.467 e. The van der Waals surface area contributed by atoms with Crippen molar-refractivity contribution in [1.29, 1.82) is 0 Å². The second-order valence-corrected chi connectivity index (χ2v) is 6.62. The molecule has 1 aromatic heterocycles. The van der Waals surface area contributed by atoms with Crippen molar-refractivity contribution in [2.75, 3.05) is 6.54 Å². The Morgan fingerprint density at radius 1 is 1.29 bits per heavy atom. The molecule has 1 amide bonds. The summed E-state index contributed by atoms with van der Waals surface area (Å²) < 4.78 is 5.23. The van der Waals surface area contributed by atoms with Crippen LogP contribution in [-0.2, 0) is 12.0 Å². The lowest BCUT2D eigenvalue weighted by molar-refractivity contribution is 0.0942. The number of nitrogens with two attached hydrogens (primary N) is 1. The van der Waals surface area contributed by atoms with Gasteiger partial charge in [-0.1, -0.05) is 36.6 Å². The van der Waals surface area contributed by atoms with Gasteiger partial charge in [0.1, 0.15) is 12.0 Å². The molecule has 1 aliphatic carbocycles. The molecule has 6 heteroatoms. The van der Waals surface area contributed by atoms with Crippen LogP contribution in [0.15, 0.2) is 41.0 Å². The van der Waals surface area contributed by atoms with Gasteiger partial charge in [-0.25, -0.2) is 0 Å². The molecule has 1 aliphatic rings. The summed E-state index contributed by atoms with van der Waals surface area (Å²) in [6, 6.07) is 9.67. The number of furan rings is 1. The van der Waals surface area contributed by atoms with Crippen LogP contribution in [0.2, 0.25) is 5.02 Å². The van der Waals surface area contributed by atoms with Crippen LogP contribution in [-0.4, -0.2) is 12.5 Å². The highest BCUT2D eigenvalue weighted by Crippen LogP contribution is 2.41. The van der Waals surface area contributed by atoms with Crippen molar-refractivity contribution in [1.82, 2.24) is 5.32 Å². The van der Waals surface area contributed by atoms with Crippen LogP contribution in [0.3, 0.4) is 0 Å². The van der Waals surface area contributed by atoms with E-state index in [1.165, 1.54) is 24.7 Å². The highest BCUT2D eigenvalue weighted by molar-refractivity contribution is 6.30. The third-order valence-electron chi connectivity index (χ3n) is 4.70. The topological polar surface area (TPSA) is 68.3 Å². The van der Waals surface area contributed by atoms with Crippen LogP contribution in [0.5, 0.6) is 0 Å². The molecular weight excluding hydrogens is 347 g/mol. The van der Waals surface area contributed by atoms with Crippen molar-refractivity contribution >= 4 is 29.9 Å². The van der Waals surface area contributed by atoms with E-state index in [0.717, 1.165) is 17.9 Å². The molecule has 0 radical (unpaired) electrons. The summed E-state index contributed by atoms with van der Waals surface area (Å²) in [5.41, 5.74) is 7.21. The van der Waals surface area contributed by atoms with E-state index >= 15 is 0 Å². The molecule has 1 aromatic carbocycles. The van der Waals surface area contributed by atoms with E-state index in [4.69, 9.17) is 21.8 Å². The normalized spacial score (nSPS) is 15.8. The minimum atomic E-state index is -0.123. The zero-order chi connectivity index (χ0) is 16.3. The predicted molar refractivity (Wildman–Crippen MR) is 97.8 cm³/mol. The maximum Gasteiger partial charge on any atom is 0.254 e. The molecule has 1 heterocycles. The Bertz CT molecular complexity index is 694. The van der Waals surface area contributed by atoms with Crippen molar-refractivity contribution in [3.63, 3.8) is 0 Å². The second kappa shape index (κ2) is 8.06. The van der Waals surface area contributed by atoms with Crippen LogP contribution >= 0.6 is 24.0 Å². The van der Waals surface area contributed by atoms with Gasteiger partial charge in [0.15, 0.2) is 0 Å². The highest BCUT2D eigenvalue weighted by atomic mass is 35.5. The van der Waals surface area contributed by atoms with Crippen LogP contribution in [0.25, 0.3) is 0 Å². The molecule has 0 bridgehead atoms. The first-order valence-electron chi connectivity index (χ1n) is 7.95. The summed E-state index contributed by atoms with van der Waals surface area (Å²) in [7, 11) is 0. The summed E-state index contributed by atoms with van der Waals surface area (Å²) >= 11 is 6.15. The first-order valence-corrected chi connectivity index (χ1v) is 8.32. The monoisotopic (exact) mass is 368 g/mol. The fraction of sp³-hybridized carbons (Fsp3) is 0.389. The molecule has 0 spiro atoms. The number of carbonyl (C=O) groups is 1. The van der Waals surface area contributed by atoms with Gasteiger partial charge in [0.25, 0.3) is 5.91 Å². The Balaban J connectivity index is 0.00000208. The number of nitrogens with one attached hydrogen (secondary N) is 1. The van der Waals surface area contributed by atoms with Crippen LogP contribution in [0.1, 0.15) is 47.4 Å². The Kier molecular flexibility index (Phi) is 6.33. The maximum absolute atomic E-state index is 12.3. The number of hydrogen-bond acceptors (Lipinski definition) is 3. The van der Waals surface area contributed by atoms with E-state index in [9.17, 15) is 4.79 Å². The second-order valence-electron chi connectivity index (χ2n) is 6.19. The molecule has 0 saturated heterocycles. The highest BCUT2D eigenvalue weighted by Gasteiger charge is 2.36. The van der Waals surface area contributed by atoms with E-state index < -0.39 is 0 Å². The first kappa shape index (κ1) is 18.8. The number of benzene rings is 1. The molecule has 0 atom stereocenters. The molecule has 3 N–H and O–H groups in total. The van der Waals surface area contributed by atoms with Gasteiger partial charge in [-0.3, -0.25) is 4.79 Å². The van der Waals surface area contributed by atoms with Crippen LogP contribution < -0.4 is 11.1 Å². The summed E-state index contributed by atoms with van der Waals surface area (Å²) in [5.74, 6) is 0.488. The molecule has 4 nitrogen and oxygen atoms in total. The zero-order valence-corrected chi connectivity index (χ0v) is 15.0. The molecule has 0 unspecified atom stereocenters. The van der Waals surface area contributed by atoms with Gasteiger partial charge in [0.2, 0.25) is 0 Å². The van der Waals surface area contributed by atoms with Crippen molar-refractivity contribution < 1.29 is 9.21 Å². The van der Waals surface area contributed by atoms with Crippen molar-refractivity contribution in [2.45, 2.75) is 37.6 Å². The average molecular weight is 369 g/mol. The van der Waals surface area contributed by atoms with Gasteiger partial charge in [-0.15, -0.1) is 12.4 Å². The van der Waals surface area contributed by atoms with E-state index in [1.807, 2.05) is 18.2 Å². The van der Waals surface area contributed by atoms with Crippen molar-refractivity contribution in [2.24, 2.45) is 5.73 Å². The fourth-order valence-corrected chi connectivity index (χ4v) is 3.59. The summed E-state index contributed by atoms with van der Waals surface area (Å²) in [6.45, 7) is 0.898. The van der Waals surface area contributed by atoms with E-state index in [-0.39, 0.29) is 23.7 Å². The summed E-state index contributed by atoms with van der Waals surface area (Å²) in [4.78, 5) is 12.3. The van der Waals surface area contributed by atoms with Gasteiger partial charge in [-0.2, -0.15) is 0 Å². The third-order valence-corrected chi connectivity index (χ3v) is 4.94. The van der Waals surface area contributed by atoms with Crippen molar-refractivity contribution in [3.8, 4) is 0 Å². The molecule has 1 fully saturated rings. The van der Waals surface area contributed by atoms with Gasteiger partial charge < -0.3 is 15.5 Å². The summed E-state index contributed by atoms with van der Waals surface area (Å²) in [5, 5.41) is 3.79. The van der Waals surface area contributed by atoms with Crippen molar-refractivity contribution in [3.05, 3.63) is 58.5 Å². The number of halogens is 2. The number of hydrogen-bond donors (Lipinski definition) is 2. The summed E-state index contributed by atoms with van der Waals surface area (Å²) in [6.07, 6.45) is 5.93. The molecular formula is C18H22Cl2N2O2. The van der Waals surface area contributed by atoms with Crippen LogP contribution in [0, 0.1) is 0 Å². The standard InChI is InChI=1S/C18H21ClN2O2.ClH/c19-15-5-3-4-14(9-15)18(6-1-2-7-18)12-21-17(22)13-8-16(10-20)23-11-13;/h3-5,8-9,11H,1-2,6-7,10,12,20H2,(H,21,22);1H. The Morgan fingerprint density at radius 3 is 2.67 bits per heavy atom. The molecule has 0 aliphatic heterocycles. The van der Waals surface area contributed by atoms with Gasteiger partial charge in [-0.05, 0) is 36.6 Å². The fourth-order valence-electron chi connectivity index (χ4n) is 3.40. The van der Waals surface area contributed by atoms with E-state index in [0.29, 0.717) is 24.4 Å². The number of rotatable bonds is 5. The SMILES string of the molecule is Cl.NCc1cc(C(=O)NCC2(c3cccc(Cl)c3)CCCC2)co1. The molecule has 3 rings (SSSR count). The predicted octanol–water partition coefficient (Wildman–Crippen LogP) is 4.06. The van der Waals surface area contributed by atoms with Gasteiger partial charge in [0.05, 0.1) is 12.1 Å². The van der Waals surface area contributed by atoms with E-state index in [1.54, 1.807) is 6.07 Å². The quantitative estimate of drug-likeness (QED) is 0.835. The third kappa shape index (κ3) is 3.94. The lowest BCUT2D eigenvalue weighted by atomic mass is 9.79. The zero-order valence-electron chi connectivity index (χ0n) is 13.4. The minimum Gasteiger partial charge on any atom is -0.467 e. The Labute approximate surface area is 153 Å². The molecule has 24 heavy (non-hydrogen) atoms.